The maximum atomic E-state index is 12.3. The lowest BCUT2D eigenvalue weighted by Gasteiger charge is -2.16. The highest BCUT2D eigenvalue weighted by Gasteiger charge is 2.34. The van der Waals surface area contributed by atoms with Gasteiger partial charge < -0.3 is 9.79 Å². The number of rotatable bonds is 4. The first kappa shape index (κ1) is 15.8. The molecular formula is C13H11N2O6P. The van der Waals surface area contributed by atoms with Crippen molar-refractivity contribution in [2.24, 2.45) is 0 Å². The number of amides is 1. The number of hydrogen-bond donors (Lipinski definition) is 2. The molecule has 0 aromatic heterocycles. The normalized spacial score (nSPS) is 11.0. The van der Waals surface area contributed by atoms with Crippen molar-refractivity contribution in [1.29, 1.82) is 0 Å². The molecule has 0 aliphatic carbocycles. The Labute approximate surface area is 124 Å². The number of hydrogen-bond acceptors (Lipinski definition) is 4. The molecule has 9 heteroatoms. The van der Waals surface area contributed by atoms with Gasteiger partial charge in [0.05, 0.1) is 5.30 Å². The number of carbonyl (C=O) groups is 1. The Bertz CT molecular complexity index is 758. The predicted molar refractivity (Wildman–Crippen MR) is 78.4 cm³/mol. The van der Waals surface area contributed by atoms with Crippen LogP contribution in [0, 0.1) is 10.1 Å². The van der Waals surface area contributed by atoms with Crippen LogP contribution < -0.4 is 10.3 Å². The van der Waals surface area contributed by atoms with Gasteiger partial charge in [0.1, 0.15) is 5.69 Å². The Morgan fingerprint density at radius 1 is 1.05 bits per heavy atom. The summed E-state index contributed by atoms with van der Waals surface area (Å²) in [5.74, 6) is -0.994. The molecule has 2 aromatic carbocycles. The fraction of sp³-hybridized carbons (Fsp3) is 0. The van der Waals surface area contributed by atoms with Gasteiger partial charge in [0.2, 0.25) is 0 Å². The van der Waals surface area contributed by atoms with Gasteiger partial charge in [-0.05, 0) is 29.3 Å². The summed E-state index contributed by atoms with van der Waals surface area (Å²) in [6.45, 7) is 0. The molecule has 0 saturated carbocycles. The predicted octanol–water partition coefficient (Wildman–Crippen LogP) is 1.33. The first-order valence-corrected chi connectivity index (χ1v) is 7.62. The number of para-hydroxylation sites is 1. The molecule has 8 nitrogen and oxygen atoms in total. The number of nitrogens with zero attached hydrogens (tertiary/aromatic N) is 2. The molecule has 0 fully saturated rings. The lowest BCUT2D eigenvalue weighted by atomic mass is 10.2. The summed E-state index contributed by atoms with van der Waals surface area (Å²) in [5, 5.41) is 9.78. The number of nitro groups is 1. The van der Waals surface area contributed by atoms with Gasteiger partial charge in [-0.1, -0.05) is 30.3 Å². The molecule has 2 aromatic rings. The van der Waals surface area contributed by atoms with E-state index in [9.17, 15) is 29.3 Å². The van der Waals surface area contributed by atoms with Crippen LogP contribution in [0.2, 0.25) is 0 Å². The van der Waals surface area contributed by atoms with E-state index < -0.39 is 29.5 Å². The van der Waals surface area contributed by atoms with Crippen LogP contribution in [0.4, 0.5) is 5.69 Å². The second kappa shape index (κ2) is 6.07. The van der Waals surface area contributed by atoms with Crippen molar-refractivity contribution in [3.05, 3.63) is 70.3 Å². The second-order valence-corrected chi connectivity index (χ2v) is 5.82. The van der Waals surface area contributed by atoms with Gasteiger partial charge in [0.15, 0.2) is 5.03 Å². The molecule has 0 heterocycles. The van der Waals surface area contributed by atoms with E-state index in [2.05, 4.69) is 0 Å². The van der Waals surface area contributed by atoms with E-state index >= 15 is 0 Å². The Kier molecular flexibility index (Phi) is 4.37. The molecule has 0 aliphatic rings. The van der Waals surface area contributed by atoms with Crippen LogP contribution in [0.15, 0.2) is 54.6 Å². The number of benzene rings is 2. The molecule has 0 atom stereocenters. The second-order valence-electron chi connectivity index (χ2n) is 4.25. The third kappa shape index (κ3) is 3.20. The van der Waals surface area contributed by atoms with Crippen LogP contribution in [0.1, 0.15) is 10.4 Å². The van der Waals surface area contributed by atoms with Gasteiger partial charge in [-0.2, -0.15) is 0 Å². The van der Waals surface area contributed by atoms with Gasteiger partial charge in [0.25, 0.3) is 0 Å². The highest BCUT2D eigenvalue weighted by atomic mass is 31.2. The van der Waals surface area contributed by atoms with E-state index in [4.69, 9.17) is 0 Å². The van der Waals surface area contributed by atoms with Crippen molar-refractivity contribution in [1.82, 2.24) is 0 Å². The average molecular weight is 322 g/mol. The summed E-state index contributed by atoms with van der Waals surface area (Å²) in [6, 6.07) is 12.3. The largest absolute Gasteiger partial charge is 0.358 e. The molecule has 0 bridgehead atoms. The fourth-order valence-corrected chi connectivity index (χ4v) is 2.61. The van der Waals surface area contributed by atoms with E-state index in [0.29, 0.717) is 0 Å². The van der Waals surface area contributed by atoms with Crippen LogP contribution >= 0.6 is 7.60 Å². The molecule has 114 valence electrons. The molecule has 22 heavy (non-hydrogen) atoms. The maximum Gasteiger partial charge on any atom is 0.358 e. The van der Waals surface area contributed by atoms with Crippen LogP contribution in [-0.4, -0.2) is 20.7 Å². The Morgan fingerprint density at radius 2 is 1.59 bits per heavy atom. The minimum Gasteiger partial charge on any atom is -0.321 e. The topological polar surface area (TPSA) is 121 Å². The van der Waals surface area contributed by atoms with Crippen molar-refractivity contribution >= 4 is 24.5 Å². The van der Waals surface area contributed by atoms with E-state index in [1.807, 2.05) is 0 Å². The first-order valence-electron chi connectivity index (χ1n) is 6.01. The van der Waals surface area contributed by atoms with Crippen molar-refractivity contribution in [2.45, 2.75) is 0 Å². The summed E-state index contributed by atoms with van der Waals surface area (Å²) in [6.07, 6.45) is 0. The smallest absolute Gasteiger partial charge is 0.321 e. The molecule has 0 radical (unpaired) electrons. The Hall–Kier alpha value is -2.54. The molecule has 0 saturated heterocycles. The number of carbonyl (C=O) groups excluding carboxylic acids is 1. The summed E-state index contributed by atoms with van der Waals surface area (Å²) in [4.78, 5) is 42.2. The van der Waals surface area contributed by atoms with Gasteiger partial charge >= 0.3 is 13.5 Å². The quantitative estimate of drug-likeness (QED) is 0.497. The lowest BCUT2D eigenvalue weighted by molar-refractivity contribution is -0.481. The van der Waals surface area contributed by atoms with Crippen molar-refractivity contribution in [3.8, 4) is 0 Å². The third-order valence-corrected chi connectivity index (χ3v) is 3.81. The minimum atomic E-state index is -4.78. The Balaban J connectivity index is 2.58. The van der Waals surface area contributed by atoms with Crippen LogP contribution in [-0.2, 0) is 4.57 Å². The third-order valence-electron chi connectivity index (χ3n) is 2.80. The van der Waals surface area contributed by atoms with E-state index in [0.717, 1.165) is 12.1 Å². The first-order chi connectivity index (χ1) is 10.3. The highest BCUT2D eigenvalue weighted by Crippen LogP contribution is 2.37. The zero-order valence-corrected chi connectivity index (χ0v) is 12.0. The number of anilines is 1. The van der Waals surface area contributed by atoms with Crippen molar-refractivity contribution < 1.29 is 24.2 Å². The zero-order valence-electron chi connectivity index (χ0n) is 11.1. The molecule has 0 spiro atoms. The summed E-state index contributed by atoms with van der Waals surface area (Å²) in [5.41, 5.74) is -0.436. The average Bonchev–Trinajstić information content (AvgIpc) is 2.47. The molecule has 2 rings (SSSR count). The maximum absolute atomic E-state index is 12.3. The Morgan fingerprint density at radius 3 is 2.14 bits per heavy atom. The van der Waals surface area contributed by atoms with Gasteiger partial charge in [-0.25, -0.2) is 10.1 Å². The van der Waals surface area contributed by atoms with E-state index in [-0.39, 0.29) is 10.6 Å². The van der Waals surface area contributed by atoms with E-state index in [1.165, 1.54) is 36.4 Å². The van der Waals surface area contributed by atoms with Gasteiger partial charge in [0, 0.05) is 5.56 Å². The minimum absolute atomic E-state index is 0.0275. The van der Waals surface area contributed by atoms with Crippen LogP contribution in [0.3, 0.4) is 0 Å². The SMILES string of the molecule is O=C(c1ccccc1)N(c1ccccc1P(=O)(O)O)[N+](=O)[O-]. The van der Waals surface area contributed by atoms with Gasteiger partial charge in [-0.3, -0.25) is 9.36 Å². The van der Waals surface area contributed by atoms with Crippen LogP contribution in [0.25, 0.3) is 0 Å². The van der Waals surface area contributed by atoms with E-state index in [1.54, 1.807) is 6.07 Å². The molecular weight excluding hydrogens is 311 g/mol. The monoisotopic (exact) mass is 322 g/mol. The number of hydrazine groups is 1. The summed E-state index contributed by atoms with van der Waals surface area (Å²) >= 11 is 0. The van der Waals surface area contributed by atoms with Crippen LogP contribution in [0.5, 0.6) is 0 Å². The molecule has 0 aliphatic heterocycles. The molecule has 2 N–H and O–H groups in total. The van der Waals surface area contributed by atoms with Crippen molar-refractivity contribution in [2.75, 3.05) is 5.01 Å². The van der Waals surface area contributed by atoms with Gasteiger partial charge in [-0.15, -0.1) is 0 Å². The molecule has 1 amide bonds. The van der Waals surface area contributed by atoms with Crippen molar-refractivity contribution in [3.63, 3.8) is 0 Å². The zero-order chi connectivity index (χ0) is 16.3. The standard InChI is InChI=1S/C13H11N2O6P/c16-13(10-6-2-1-3-7-10)14(15(17)18)11-8-4-5-9-12(11)22(19,20)21/h1-9H,(H2,19,20,21). The lowest BCUT2D eigenvalue weighted by Crippen LogP contribution is -2.39. The molecule has 0 unspecified atom stereocenters. The summed E-state index contributed by atoms with van der Waals surface area (Å²) < 4.78 is 11.5. The summed E-state index contributed by atoms with van der Waals surface area (Å²) in [7, 11) is -4.78. The highest BCUT2D eigenvalue weighted by molar-refractivity contribution is 7.60. The fourth-order valence-electron chi connectivity index (χ4n) is 1.86.